The van der Waals surface area contributed by atoms with Crippen LogP contribution >= 0.6 is 0 Å². The van der Waals surface area contributed by atoms with Crippen molar-refractivity contribution in [2.75, 3.05) is 0 Å². The molecule has 6 nitrogen and oxygen atoms in total. The number of fused-ring (bicyclic) bond motifs is 1. The zero-order valence-electron chi connectivity index (χ0n) is 13.8. The summed E-state index contributed by atoms with van der Waals surface area (Å²) in [4.78, 5) is 28.4. The highest BCUT2D eigenvalue weighted by Gasteiger charge is 2.37. The molecule has 0 spiro atoms. The molecule has 1 N–H and O–H groups in total. The number of nitrogens with one attached hydrogen (secondary N) is 1. The van der Waals surface area contributed by atoms with Crippen LogP contribution in [0.1, 0.15) is 45.5 Å². The molecule has 7 heteroatoms. The molecule has 1 amide bonds. The molecule has 1 saturated carbocycles. The molecule has 0 saturated heterocycles. The second-order valence-electron chi connectivity index (χ2n) is 6.93. The molecule has 1 fully saturated rings. The molecule has 1 aliphatic carbocycles. The maximum atomic E-state index is 13.8. The van der Waals surface area contributed by atoms with E-state index in [-0.39, 0.29) is 22.7 Å². The topological polar surface area (TPSA) is 81.4 Å². The molecule has 0 radical (unpaired) electrons. The van der Waals surface area contributed by atoms with Crippen molar-refractivity contribution >= 4 is 17.0 Å². The van der Waals surface area contributed by atoms with Gasteiger partial charge in [-0.3, -0.25) is 0 Å². The maximum Gasteiger partial charge on any atom is 0.408 e. The monoisotopic (exact) mass is 334 g/mol. The second kappa shape index (κ2) is 5.89. The van der Waals surface area contributed by atoms with Crippen molar-refractivity contribution in [1.29, 1.82) is 0 Å². The van der Waals surface area contributed by atoms with Crippen molar-refractivity contribution in [3.8, 4) is 0 Å². The number of benzene rings is 1. The van der Waals surface area contributed by atoms with Gasteiger partial charge in [-0.25, -0.2) is 19.0 Å². The lowest BCUT2D eigenvalue weighted by Gasteiger charge is -2.22. The van der Waals surface area contributed by atoms with Crippen LogP contribution in [0.2, 0.25) is 0 Å². The Morgan fingerprint density at radius 3 is 2.75 bits per heavy atom. The minimum Gasteiger partial charge on any atom is -0.444 e. The van der Waals surface area contributed by atoms with Crippen molar-refractivity contribution in [3.05, 3.63) is 40.3 Å². The number of carbonyl (C=O) groups is 1. The number of carbonyl (C=O) groups excluding carboxylic acids is 1. The van der Waals surface area contributed by atoms with Gasteiger partial charge in [-0.2, -0.15) is 0 Å². The Morgan fingerprint density at radius 2 is 2.12 bits per heavy atom. The number of halogens is 1. The second-order valence-corrected chi connectivity index (χ2v) is 6.93. The minimum absolute atomic E-state index is 0.0754. The molecule has 24 heavy (non-hydrogen) atoms. The van der Waals surface area contributed by atoms with E-state index in [2.05, 4.69) is 10.3 Å². The highest BCUT2D eigenvalue weighted by atomic mass is 19.1. The van der Waals surface area contributed by atoms with Gasteiger partial charge in [0.1, 0.15) is 22.8 Å². The fraction of sp³-hybridized carbons (Fsp3) is 0.471. The van der Waals surface area contributed by atoms with E-state index in [1.807, 2.05) is 0 Å². The summed E-state index contributed by atoms with van der Waals surface area (Å²) < 4.78 is 24.2. The highest BCUT2D eigenvalue weighted by molar-refractivity contribution is 5.77. The van der Waals surface area contributed by atoms with Crippen molar-refractivity contribution < 1.29 is 18.3 Å². The van der Waals surface area contributed by atoms with Gasteiger partial charge in [0.25, 0.3) is 0 Å². The lowest BCUT2D eigenvalue weighted by molar-refractivity contribution is 0.0486. The van der Waals surface area contributed by atoms with Gasteiger partial charge in [-0.15, -0.1) is 0 Å². The predicted octanol–water partition coefficient (Wildman–Crippen LogP) is 3.30. The van der Waals surface area contributed by atoms with Crippen LogP contribution in [0, 0.1) is 11.7 Å². The first-order valence-electron chi connectivity index (χ1n) is 7.83. The summed E-state index contributed by atoms with van der Waals surface area (Å²) in [6.07, 6.45) is 1.16. The van der Waals surface area contributed by atoms with Gasteiger partial charge in [-0.05, 0) is 51.7 Å². The van der Waals surface area contributed by atoms with Gasteiger partial charge in [-0.1, -0.05) is 6.07 Å². The third-order valence-corrected chi connectivity index (χ3v) is 3.66. The standard InChI is InChI=1S/C17H19FN2O4/c1-17(2,3)24-16(22)20-13(9-7-8-9)14-19-11-6-4-5-10(18)12(11)15(21)23-14/h4-6,9,13H,7-8H2,1-3H3,(H,20,22). The smallest absolute Gasteiger partial charge is 0.408 e. The molecular weight excluding hydrogens is 315 g/mol. The number of amides is 1. The van der Waals surface area contributed by atoms with E-state index < -0.39 is 29.2 Å². The summed E-state index contributed by atoms with van der Waals surface area (Å²) in [7, 11) is 0. The molecule has 1 unspecified atom stereocenters. The Balaban J connectivity index is 1.94. The van der Waals surface area contributed by atoms with E-state index in [0.717, 1.165) is 12.8 Å². The van der Waals surface area contributed by atoms with E-state index in [1.54, 1.807) is 20.8 Å². The zero-order valence-corrected chi connectivity index (χ0v) is 13.8. The summed E-state index contributed by atoms with van der Waals surface area (Å²) in [5.74, 6) is -0.478. The third kappa shape index (κ3) is 3.55. The van der Waals surface area contributed by atoms with Gasteiger partial charge in [0.15, 0.2) is 0 Å². The number of hydrogen-bond donors (Lipinski definition) is 1. The normalized spacial score (nSPS) is 16.0. The molecule has 0 aliphatic heterocycles. The summed E-state index contributed by atoms with van der Waals surface area (Å²) in [6.45, 7) is 5.28. The van der Waals surface area contributed by atoms with E-state index in [1.165, 1.54) is 18.2 Å². The number of ether oxygens (including phenoxy) is 1. The van der Waals surface area contributed by atoms with Crippen molar-refractivity contribution in [2.24, 2.45) is 5.92 Å². The first-order chi connectivity index (χ1) is 11.2. The van der Waals surface area contributed by atoms with Crippen LogP contribution in [0.5, 0.6) is 0 Å². The third-order valence-electron chi connectivity index (χ3n) is 3.66. The summed E-state index contributed by atoms with van der Waals surface area (Å²) in [6, 6.07) is 3.62. The summed E-state index contributed by atoms with van der Waals surface area (Å²) in [5.41, 5.74) is -1.23. The van der Waals surface area contributed by atoms with Gasteiger partial charge in [0.05, 0.1) is 5.52 Å². The lowest BCUT2D eigenvalue weighted by Crippen LogP contribution is -2.36. The number of hydrogen-bond acceptors (Lipinski definition) is 5. The van der Waals surface area contributed by atoms with Gasteiger partial charge in [0, 0.05) is 0 Å². The van der Waals surface area contributed by atoms with Crippen LogP contribution in [0.25, 0.3) is 10.9 Å². The molecular formula is C17H19FN2O4. The van der Waals surface area contributed by atoms with Crippen molar-refractivity contribution in [2.45, 2.75) is 45.3 Å². The van der Waals surface area contributed by atoms with Gasteiger partial charge in [0.2, 0.25) is 5.89 Å². The number of alkyl carbamates (subject to hydrolysis) is 1. The molecule has 1 aliphatic rings. The number of rotatable bonds is 3. The van der Waals surface area contributed by atoms with Crippen LogP contribution in [0.15, 0.2) is 27.4 Å². The maximum absolute atomic E-state index is 13.8. The molecule has 1 aromatic carbocycles. The van der Waals surface area contributed by atoms with E-state index in [0.29, 0.717) is 0 Å². The van der Waals surface area contributed by atoms with E-state index in [4.69, 9.17) is 9.15 Å². The Hall–Kier alpha value is -2.44. The van der Waals surface area contributed by atoms with E-state index >= 15 is 0 Å². The Kier molecular flexibility index (Phi) is 4.03. The molecule has 3 rings (SSSR count). The van der Waals surface area contributed by atoms with Crippen LogP contribution < -0.4 is 10.9 Å². The van der Waals surface area contributed by atoms with E-state index in [9.17, 15) is 14.0 Å². The molecule has 2 aromatic rings. The SMILES string of the molecule is CC(C)(C)OC(=O)NC(c1nc2cccc(F)c2c(=O)o1)C1CC1. The van der Waals surface area contributed by atoms with Crippen LogP contribution in [0.3, 0.4) is 0 Å². The average Bonchev–Trinajstić information content (AvgIpc) is 3.27. The largest absolute Gasteiger partial charge is 0.444 e. The quantitative estimate of drug-likeness (QED) is 0.931. The Labute approximate surface area is 138 Å². The minimum atomic E-state index is -0.801. The van der Waals surface area contributed by atoms with Crippen LogP contribution in [0.4, 0.5) is 9.18 Å². The number of aromatic nitrogens is 1. The fourth-order valence-electron chi connectivity index (χ4n) is 2.47. The molecule has 0 bridgehead atoms. The Bertz CT molecular complexity index is 837. The molecule has 1 atom stereocenters. The average molecular weight is 334 g/mol. The van der Waals surface area contributed by atoms with Crippen molar-refractivity contribution in [1.82, 2.24) is 10.3 Å². The van der Waals surface area contributed by atoms with Gasteiger partial charge < -0.3 is 14.5 Å². The zero-order chi connectivity index (χ0) is 17.5. The first-order valence-corrected chi connectivity index (χ1v) is 7.83. The summed E-state index contributed by atoms with van der Waals surface area (Å²) in [5, 5.41) is 2.52. The molecule has 128 valence electrons. The fourth-order valence-corrected chi connectivity index (χ4v) is 2.47. The lowest BCUT2D eigenvalue weighted by atomic mass is 10.1. The van der Waals surface area contributed by atoms with Crippen LogP contribution in [-0.2, 0) is 4.74 Å². The molecule has 1 aromatic heterocycles. The van der Waals surface area contributed by atoms with Crippen LogP contribution in [-0.4, -0.2) is 16.7 Å². The molecule has 1 heterocycles. The van der Waals surface area contributed by atoms with Crippen molar-refractivity contribution in [3.63, 3.8) is 0 Å². The van der Waals surface area contributed by atoms with Gasteiger partial charge >= 0.3 is 11.7 Å². The predicted molar refractivity (Wildman–Crippen MR) is 85.1 cm³/mol. The first kappa shape index (κ1) is 16.4. The number of nitrogens with zero attached hydrogens (tertiary/aromatic N) is 1. The Morgan fingerprint density at radius 1 is 1.42 bits per heavy atom. The summed E-state index contributed by atoms with van der Waals surface area (Å²) >= 11 is 0. The highest BCUT2D eigenvalue weighted by Crippen LogP contribution is 2.40.